The Kier molecular flexibility index (Phi) is 11.9. The van der Waals surface area contributed by atoms with Gasteiger partial charge in [0.05, 0.1) is 5.69 Å². The first-order valence-corrected chi connectivity index (χ1v) is 9.88. The summed E-state index contributed by atoms with van der Waals surface area (Å²) in [5.41, 5.74) is 0.986. The second-order valence-corrected chi connectivity index (χ2v) is 7.46. The number of aliphatic imine (C=N–C) groups is 1. The summed E-state index contributed by atoms with van der Waals surface area (Å²) in [7, 11) is 0. The summed E-state index contributed by atoms with van der Waals surface area (Å²) < 4.78 is 4.91. The van der Waals surface area contributed by atoms with Crippen LogP contribution < -0.4 is 5.32 Å². The predicted octanol–water partition coefficient (Wildman–Crippen LogP) is 2.42. The van der Waals surface area contributed by atoms with Crippen molar-refractivity contribution in [3.63, 3.8) is 0 Å². The third kappa shape index (κ3) is 8.78. The van der Waals surface area contributed by atoms with Gasteiger partial charge in [-0.15, -0.1) is 24.0 Å². The Morgan fingerprint density at radius 3 is 2.63 bits per heavy atom. The number of hydrogen-bond donors (Lipinski definition) is 2. The third-order valence-electron chi connectivity index (χ3n) is 4.72. The van der Waals surface area contributed by atoms with Crippen LogP contribution in [0.4, 0.5) is 0 Å². The van der Waals surface area contributed by atoms with Gasteiger partial charge in [0.2, 0.25) is 0 Å². The fraction of sp³-hybridized carbons (Fsp3) is 0.789. The molecule has 8 heteroatoms. The normalized spacial score (nSPS) is 17.1. The van der Waals surface area contributed by atoms with Gasteiger partial charge in [-0.25, -0.2) is 0 Å². The maximum Gasteiger partial charge on any atom is 0.194 e. The van der Waals surface area contributed by atoms with Crippen LogP contribution in [0.2, 0.25) is 0 Å². The number of hydrogen-bond acceptors (Lipinski definition) is 5. The molecule has 1 aromatic rings. The highest BCUT2D eigenvalue weighted by molar-refractivity contribution is 14.0. The first-order chi connectivity index (χ1) is 12.6. The molecule has 2 rings (SSSR count). The van der Waals surface area contributed by atoms with Gasteiger partial charge < -0.3 is 19.8 Å². The van der Waals surface area contributed by atoms with Crippen LogP contribution in [0, 0.1) is 11.8 Å². The van der Waals surface area contributed by atoms with E-state index >= 15 is 0 Å². The molecule has 1 atom stereocenters. The van der Waals surface area contributed by atoms with Gasteiger partial charge in [-0.2, -0.15) is 0 Å². The number of aromatic nitrogens is 1. The largest absolute Gasteiger partial charge is 0.396 e. The van der Waals surface area contributed by atoms with Gasteiger partial charge >= 0.3 is 0 Å². The van der Waals surface area contributed by atoms with E-state index in [1.54, 1.807) is 6.26 Å². The molecule has 7 nitrogen and oxygen atoms in total. The molecule has 2 heterocycles. The number of aliphatic hydroxyl groups is 1. The van der Waals surface area contributed by atoms with Gasteiger partial charge in [0.15, 0.2) is 5.96 Å². The maximum absolute atomic E-state index is 9.31. The maximum atomic E-state index is 9.31. The Hall–Kier alpha value is -0.870. The van der Waals surface area contributed by atoms with E-state index < -0.39 is 0 Å². The van der Waals surface area contributed by atoms with Crippen LogP contribution >= 0.6 is 24.0 Å². The lowest BCUT2D eigenvalue weighted by atomic mass is 9.94. The van der Waals surface area contributed by atoms with Crippen molar-refractivity contribution >= 4 is 29.9 Å². The van der Waals surface area contributed by atoms with Crippen molar-refractivity contribution in [3.8, 4) is 0 Å². The fourth-order valence-corrected chi connectivity index (χ4v) is 3.44. The molecule has 1 aromatic heterocycles. The second kappa shape index (κ2) is 13.3. The third-order valence-corrected chi connectivity index (χ3v) is 4.72. The smallest absolute Gasteiger partial charge is 0.194 e. The van der Waals surface area contributed by atoms with Gasteiger partial charge in [-0.1, -0.05) is 19.0 Å². The summed E-state index contributed by atoms with van der Waals surface area (Å²) in [4.78, 5) is 9.62. The van der Waals surface area contributed by atoms with Crippen LogP contribution in [-0.2, 0) is 6.54 Å². The van der Waals surface area contributed by atoms with Crippen LogP contribution in [0.3, 0.4) is 0 Å². The summed E-state index contributed by atoms with van der Waals surface area (Å²) >= 11 is 0. The Morgan fingerprint density at radius 1 is 1.33 bits per heavy atom. The van der Waals surface area contributed by atoms with Crippen molar-refractivity contribution in [2.24, 2.45) is 16.8 Å². The molecule has 1 saturated heterocycles. The van der Waals surface area contributed by atoms with E-state index in [0.29, 0.717) is 11.8 Å². The van der Waals surface area contributed by atoms with Gasteiger partial charge in [0.1, 0.15) is 6.26 Å². The summed E-state index contributed by atoms with van der Waals surface area (Å²) in [6.45, 7) is 13.2. The van der Waals surface area contributed by atoms with E-state index in [1.807, 2.05) is 6.07 Å². The first kappa shape index (κ1) is 24.2. The van der Waals surface area contributed by atoms with Gasteiger partial charge in [-0.3, -0.25) is 9.89 Å². The summed E-state index contributed by atoms with van der Waals surface area (Å²) in [5.74, 6) is 2.08. The van der Waals surface area contributed by atoms with Gasteiger partial charge in [-0.05, 0) is 31.6 Å². The molecule has 1 aliphatic rings. The fourth-order valence-electron chi connectivity index (χ4n) is 3.44. The Bertz CT molecular complexity index is 516. The standard InChI is InChI=1S/C19H35N5O2.HI/c1-4-20-19(21-14-17(5-11-25)13-16(2)3)24-9-7-23(8-10-24)15-18-6-12-26-22-18;/h6,12,16-17,25H,4-5,7-11,13-15H2,1-3H3,(H,20,21);1H. The lowest BCUT2D eigenvalue weighted by Crippen LogP contribution is -2.52. The second-order valence-electron chi connectivity index (χ2n) is 7.46. The molecular weight excluding hydrogens is 457 g/mol. The molecular formula is C19H36IN5O2. The van der Waals surface area contributed by atoms with E-state index in [0.717, 1.165) is 70.3 Å². The zero-order chi connectivity index (χ0) is 18.8. The molecule has 0 spiro atoms. The minimum atomic E-state index is 0. The molecule has 0 radical (unpaired) electrons. The number of aliphatic hydroxyl groups excluding tert-OH is 1. The van der Waals surface area contributed by atoms with E-state index in [-0.39, 0.29) is 30.6 Å². The molecule has 2 N–H and O–H groups in total. The van der Waals surface area contributed by atoms with Gasteiger partial charge in [0.25, 0.3) is 0 Å². The number of guanidine groups is 1. The number of nitrogens with one attached hydrogen (secondary N) is 1. The van der Waals surface area contributed by atoms with Crippen molar-refractivity contribution in [1.29, 1.82) is 0 Å². The van der Waals surface area contributed by atoms with E-state index in [1.165, 1.54) is 0 Å². The average molecular weight is 493 g/mol. The van der Waals surface area contributed by atoms with E-state index in [4.69, 9.17) is 9.52 Å². The molecule has 1 fully saturated rings. The zero-order valence-electron chi connectivity index (χ0n) is 16.9. The minimum Gasteiger partial charge on any atom is -0.396 e. The van der Waals surface area contributed by atoms with Crippen LogP contribution in [-0.4, -0.2) is 71.9 Å². The summed E-state index contributed by atoms with van der Waals surface area (Å²) in [6.07, 6.45) is 3.56. The molecule has 1 aliphatic heterocycles. The van der Waals surface area contributed by atoms with E-state index in [9.17, 15) is 5.11 Å². The quantitative estimate of drug-likeness (QED) is 0.313. The summed E-state index contributed by atoms with van der Waals surface area (Å²) in [6, 6.07) is 1.92. The SMILES string of the molecule is CCNC(=NCC(CCO)CC(C)C)N1CCN(Cc2ccon2)CC1.I. The molecule has 1 unspecified atom stereocenters. The van der Waals surface area contributed by atoms with Gasteiger partial charge in [0, 0.05) is 58.5 Å². The number of halogens is 1. The Balaban J connectivity index is 0.00000364. The topological polar surface area (TPSA) is 77.1 Å². The van der Waals surface area contributed by atoms with Crippen LogP contribution in [0.25, 0.3) is 0 Å². The van der Waals surface area contributed by atoms with Crippen LogP contribution in [0.5, 0.6) is 0 Å². The molecule has 156 valence electrons. The average Bonchev–Trinajstić information content (AvgIpc) is 3.12. The number of rotatable bonds is 9. The predicted molar refractivity (Wildman–Crippen MR) is 119 cm³/mol. The van der Waals surface area contributed by atoms with Crippen LogP contribution in [0.1, 0.15) is 39.3 Å². The molecule has 0 bridgehead atoms. The molecule has 0 aliphatic carbocycles. The van der Waals surface area contributed by atoms with Crippen molar-refractivity contribution in [3.05, 3.63) is 18.0 Å². The number of piperazine rings is 1. The van der Waals surface area contributed by atoms with Crippen molar-refractivity contribution < 1.29 is 9.63 Å². The van der Waals surface area contributed by atoms with Crippen LogP contribution in [0.15, 0.2) is 21.8 Å². The summed E-state index contributed by atoms with van der Waals surface area (Å²) in [5, 5.41) is 16.7. The molecule has 0 saturated carbocycles. The van der Waals surface area contributed by atoms with Crippen molar-refractivity contribution in [2.75, 3.05) is 45.9 Å². The molecule has 0 amide bonds. The number of nitrogens with zero attached hydrogens (tertiary/aromatic N) is 4. The Morgan fingerprint density at radius 2 is 2.07 bits per heavy atom. The monoisotopic (exact) mass is 493 g/mol. The highest BCUT2D eigenvalue weighted by atomic mass is 127. The minimum absolute atomic E-state index is 0. The lowest BCUT2D eigenvalue weighted by molar-refractivity contribution is 0.168. The van der Waals surface area contributed by atoms with E-state index in [2.05, 4.69) is 41.0 Å². The van der Waals surface area contributed by atoms with Crippen molar-refractivity contribution in [2.45, 2.75) is 40.2 Å². The highest BCUT2D eigenvalue weighted by Gasteiger charge is 2.20. The highest BCUT2D eigenvalue weighted by Crippen LogP contribution is 2.16. The lowest BCUT2D eigenvalue weighted by Gasteiger charge is -2.36. The first-order valence-electron chi connectivity index (χ1n) is 9.88. The van der Waals surface area contributed by atoms with Crippen molar-refractivity contribution in [1.82, 2.24) is 20.3 Å². The molecule has 0 aromatic carbocycles. The molecule has 27 heavy (non-hydrogen) atoms. The zero-order valence-corrected chi connectivity index (χ0v) is 19.3. The Labute approximate surface area is 180 Å².